The summed E-state index contributed by atoms with van der Waals surface area (Å²) in [6.45, 7) is 2.95. The number of piperidine rings is 1. The number of nitrogens with zero attached hydrogens (tertiary/aromatic N) is 1. The number of hydrogen-bond acceptors (Lipinski definition) is 4. The molecule has 26 heavy (non-hydrogen) atoms. The third-order valence-electron chi connectivity index (χ3n) is 4.03. The number of nitrogens with one attached hydrogen (secondary N) is 2. The zero-order chi connectivity index (χ0) is 16.9. The summed E-state index contributed by atoms with van der Waals surface area (Å²) in [6.07, 6.45) is 3.24. The monoisotopic (exact) mass is 401 g/mol. The van der Waals surface area contributed by atoms with Crippen molar-refractivity contribution in [2.45, 2.75) is 25.8 Å². The van der Waals surface area contributed by atoms with E-state index in [1.54, 1.807) is 18.3 Å². The van der Waals surface area contributed by atoms with Gasteiger partial charge in [-0.05, 0) is 56.6 Å². The second-order valence-corrected chi connectivity index (χ2v) is 6.01. The van der Waals surface area contributed by atoms with Gasteiger partial charge in [-0.3, -0.25) is 4.79 Å². The predicted molar refractivity (Wildman–Crippen MR) is 104 cm³/mol. The van der Waals surface area contributed by atoms with Gasteiger partial charge in [-0.15, -0.1) is 24.8 Å². The molecule has 2 aromatic rings. The second-order valence-electron chi connectivity index (χ2n) is 6.01. The molecule has 0 spiro atoms. The van der Waals surface area contributed by atoms with E-state index in [2.05, 4.69) is 22.5 Å². The highest BCUT2D eigenvalue weighted by molar-refractivity contribution is 5.92. The normalized spacial score (nSPS) is 18.8. The van der Waals surface area contributed by atoms with Crippen molar-refractivity contribution in [2.75, 3.05) is 11.9 Å². The molecule has 0 unspecified atom stereocenters. The number of benzene rings is 1. The topological polar surface area (TPSA) is 63.2 Å². The van der Waals surface area contributed by atoms with E-state index in [4.69, 9.17) is 4.74 Å². The van der Waals surface area contributed by atoms with Gasteiger partial charge >= 0.3 is 0 Å². The maximum Gasteiger partial charge on any atom is 0.227 e. The Morgan fingerprint density at radius 2 is 1.96 bits per heavy atom. The van der Waals surface area contributed by atoms with Gasteiger partial charge in [0, 0.05) is 18.0 Å². The van der Waals surface area contributed by atoms with E-state index in [0.29, 0.717) is 23.4 Å². The van der Waals surface area contributed by atoms with Crippen molar-refractivity contribution in [3.05, 3.63) is 48.4 Å². The number of halogens is 3. The van der Waals surface area contributed by atoms with Gasteiger partial charge in [-0.25, -0.2) is 9.37 Å². The minimum Gasteiger partial charge on any atom is -0.439 e. The van der Waals surface area contributed by atoms with Crippen molar-refractivity contribution >= 4 is 36.4 Å². The predicted octanol–water partition coefficient (Wildman–Crippen LogP) is 4.18. The highest BCUT2D eigenvalue weighted by Gasteiger charge is 2.24. The van der Waals surface area contributed by atoms with Crippen LogP contribution in [0.25, 0.3) is 0 Å². The number of amides is 1. The molecular formula is C18H22Cl2FN3O2. The van der Waals surface area contributed by atoms with Gasteiger partial charge in [0.25, 0.3) is 0 Å². The first kappa shape index (κ1) is 22.2. The molecule has 8 heteroatoms. The van der Waals surface area contributed by atoms with Crippen molar-refractivity contribution in [1.82, 2.24) is 10.3 Å². The smallest absolute Gasteiger partial charge is 0.227 e. The molecule has 1 saturated heterocycles. The van der Waals surface area contributed by atoms with E-state index in [1.165, 1.54) is 24.3 Å². The summed E-state index contributed by atoms with van der Waals surface area (Å²) < 4.78 is 18.4. The van der Waals surface area contributed by atoms with Crippen molar-refractivity contribution in [2.24, 2.45) is 5.92 Å². The molecule has 1 aromatic carbocycles. The van der Waals surface area contributed by atoms with Gasteiger partial charge < -0.3 is 15.4 Å². The zero-order valence-corrected chi connectivity index (χ0v) is 15.9. The molecule has 2 heterocycles. The Hall–Kier alpha value is -1.89. The van der Waals surface area contributed by atoms with Crippen molar-refractivity contribution in [3.63, 3.8) is 0 Å². The van der Waals surface area contributed by atoms with Crippen molar-refractivity contribution in [1.29, 1.82) is 0 Å². The fraction of sp³-hybridized carbons (Fsp3) is 0.333. The maximum atomic E-state index is 12.9. The summed E-state index contributed by atoms with van der Waals surface area (Å²) in [5.74, 6) is 0.619. The van der Waals surface area contributed by atoms with Crippen LogP contribution in [0, 0.1) is 11.7 Å². The van der Waals surface area contributed by atoms with Crippen LogP contribution in [0.5, 0.6) is 11.6 Å². The zero-order valence-electron chi connectivity index (χ0n) is 14.3. The number of hydrogen-bond donors (Lipinski definition) is 2. The van der Waals surface area contributed by atoms with E-state index in [0.717, 1.165) is 19.4 Å². The average Bonchev–Trinajstić information content (AvgIpc) is 2.59. The first-order chi connectivity index (χ1) is 11.6. The highest BCUT2D eigenvalue weighted by atomic mass is 35.5. The van der Waals surface area contributed by atoms with Crippen LogP contribution in [0.1, 0.15) is 19.8 Å². The van der Waals surface area contributed by atoms with E-state index >= 15 is 0 Å². The van der Waals surface area contributed by atoms with Crippen LogP contribution in [0.15, 0.2) is 42.6 Å². The van der Waals surface area contributed by atoms with Gasteiger partial charge in [0.1, 0.15) is 11.6 Å². The molecule has 142 valence electrons. The Morgan fingerprint density at radius 3 is 2.58 bits per heavy atom. The third kappa shape index (κ3) is 6.12. The van der Waals surface area contributed by atoms with Crippen LogP contribution >= 0.6 is 24.8 Å². The largest absolute Gasteiger partial charge is 0.439 e. The molecule has 1 aromatic heterocycles. The van der Waals surface area contributed by atoms with Gasteiger partial charge in [0.05, 0.1) is 11.9 Å². The second kappa shape index (κ2) is 10.3. The lowest BCUT2D eigenvalue weighted by Crippen LogP contribution is -2.40. The summed E-state index contributed by atoms with van der Waals surface area (Å²) in [7, 11) is 0. The first-order valence-electron chi connectivity index (χ1n) is 8.04. The molecular weight excluding hydrogens is 380 g/mol. The standard InChI is InChI=1S/C18H20FN3O2.2ClH/c1-12-10-13(8-9-20-12)18(23)22-15-4-7-17(21-11-15)24-16-5-2-14(19)3-6-16;;/h2-7,11-13,20H,8-10H2,1H3,(H,22,23);2*1H/t12-,13-;;/m0../s1. The quantitative estimate of drug-likeness (QED) is 0.806. The summed E-state index contributed by atoms with van der Waals surface area (Å²) in [4.78, 5) is 16.5. The molecule has 0 bridgehead atoms. The maximum absolute atomic E-state index is 12.9. The van der Waals surface area contributed by atoms with Gasteiger partial charge in [-0.2, -0.15) is 0 Å². The molecule has 0 aliphatic carbocycles. The van der Waals surface area contributed by atoms with E-state index in [9.17, 15) is 9.18 Å². The summed E-state index contributed by atoms with van der Waals surface area (Å²) >= 11 is 0. The van der Waals surface area contributed by atoms with E-state index in [1.807, 2.05) is 0 Å². The van der Waals surface area contributed by atoms with Crippen LogP contribution in [-0.4, -0.2) is 23.5 Å². The molecule has 1 amide bonds. The minimum atomic E-state index is -0.319. The number of aromatic nitrogens is 1. The van der Waals surface area contributed by atoms with Gasteiger partial charge in [0.15, 0.2) is 0 Å². The summed E-state index contributed by atoms with van der Waals surface area (Å²) in [6, 6.07) is 9.49. The molecule has 0 radical (unpaired) electrons. The van der Waals surface area contributed by atoms with Gasteiger partial charge in [-0.1, -0.05) is 0 Å². The molecule has 1 aliphatic heterocycles. The van der Waals surface area contributed by atoms with Crippen LogP contribution in [0.3, 0.4) is 0 Å². The lowest BCUT2D eigenvalue weighted by Gasteiger charge is -2.27. The van der Waals surface area contributed by atoms with Crippen molar-refractivity contribution in [3.8, 4) is 11.6 Å². The number of pyridine rings is 1. The first-order valence-corrected chi connectivity index (χ1v) is 8.04. The highest BCUT2D eigenvalue weighted by Crippen LogP contribution is 2.22. The number of anilines is 1. The SMILES string of the molecule is C[C@H]1C[C@@H](C(=O)Nc2ccc(Oc3ccc(F)cc3)nc2)CCN1.Cl.Cl. The van der Waals surface area contributed by atoms with Crippen LogP contribution in [-0.2, 0) is 4.79 Å². The lowest BCUT2D eigenvalue weighted by atomic mass is 9.92. The molecule has 2 atom stereocenters. The summed E-state index contributed by atoms with van der Waals surface area (Å²) in [5, 5.41) is 6.23. The minimum absolute atomic E-state index is 0. The fourth-order valence-corrected chi connectivity index (χ4v) is 2.75. The van der Waals surface area contributed by atoms with Crippen molar-refractivity contribution < 1.29 is 13.9 Å². The van der Waals surface area contributed by atoms with Crippen LogP contribution < -0.4 is 15.4 Å². The molecule has 3 rings (SSSR count). The number of ether oxygens (including phenoxy) is 1. The van der Waals surface area contributed by atoms with Gasteiger partial charge in [0.2, 0.25) is 11.8 Å². The number of carbonyl (C=O) groups is 1. The lowest BCUT2D eigenvalue weighted by molar-refractivity contribution is -0.120. The summed E-state index contributed by atoms with van der Waals surface area (Å²) in [5.41, 5.74) is 0.637. The van der Waals surface area contributed by atoms with E-state index < -0.39 is 0 Å². The Kier molecular flexibility index (Phi) is 8.78. The molecule has 1 aliphatic rings. The number of rotatable bonds is 4. The Morgan fingerprint density at radius 1 is 1.23 bits per heavy atom. The fourth-order valence-electron chi connectivity index (χ4n) is 2.75. The molecule has 1 fully saturated rings. The van der Waals surface area contributed by atoms with Crippen LogP contribution in [0.2, 0.25) is 0 Å². The Balaban J connectivity index is 0.00000169. The average molecular weight is 402 g/mol. The van der Waals surface area contributed by atoms with Crippen LogP contribution in [0.4, 0.5) is 10.1 Å². The Labute approximate surface area is 164 Å². The Bertz CT molecular complexity index is 699. The number of carbonyl (C=O) groups excluding carboxylic acids is 1. The molecule has 2 N–H and O–H groups in total. The molecule has 5 nitrogen and oxygen atoms in total. The molecule has 0 saturated carbocycles. The third-order valence-corrected chi connectivity index (χ3v) is 4.03. The van der Waals surface area contributed by atoms with E-state index in [-0.39, 0.29) is 42.5 Å².